The van der Waals surface area contributed by atoms with Crippen LogP contribution < -0.4 is 4.74 Å². The molecule has 0 radical (unpaired) electrons. The Morgan fingerprint density at radius 1 is 1.21 bits per heavy atom. The summed E-state index contributed by atoms with van der Waals surface area (Å²) in [6, 6.07) is 5.49. The third-order valence-electron chi connectivity index (χ3n) is 2.22. The molecule has 1 rings (SSSR count). The number of hydrogen-bond donors (Lipinski definition) is 0. The van der Waals surface area contributed by atoms with Gasteiger partial charge in [0.05, 0.1) is 0 Å². The van der Waals surface area contributed by atoms with Crippen LogP contribution in [0.25, 0.3) is 0 Å². The zero-order chi connectivity index (χ0) is 14.1. The van der Waals surface area contributed by atoms with E-state index in [4.69, 9.17) is 4.84 Å². The molecule has 0 aliphatic heterocycles. The van der Waals surface area contributed by atoms with Crippen molar-refractivity contribution in [2.45, 2.75) is 39.2 Å². The highest BCUT2D eigenvalue weighted by molar-refractivity contribution is 5.56. The lowest BCUT2D eigenvalue weighted by Gasteiger charge is -2.08. The number of rotatable bonds is 7. The van der Waals surface area contributed by atoms with Gasteiger partial charge in [0, 0.05) is 6.21 Å². The zero-order valence-electron chi connectivity index (χ0n) is 10.6. The van der Waals surface area contributed by atoms with Crippen LogP contribution in [0.2, 0.25) is 0 Å². The van der Waals surface area contributed by atoms with E-state index < -0.39 is 6.36 Å². The van der Waals surface area contributed by atoms with Gasteiger partial charge in [-0.05, 0) is 30.5 Å². The maximum atomic E-state index is 11.9. The summed E-state index contributed by atoms with van der Waals surface area (Å²) in [4.78, 5) is 5.01. The molecule has 0 amide bonds. The van der Waals surface area contributed by atoms with Crippen molar-refractivity contribution in [1.82, 2.24) is 0 Å². The molecule has 3 nitrogen and oxygen atoms in total. The van der Waals surface area contributed by atoms with Gasteiger partial charge in [-0.3, -0.25) is 0 Å². The predicted octanol–water partition coefficient (Wildman–Crippen LogP) is 4.28. The second-order valence-electron chi connectivity index (χ2n) is 3.90. The van der Waals surface area contributed by atoms with Crippen LogP contribution in [0.5, 0.6) is 5.75 Å². The van der Waals surface area contributed by atoms with E-state index in [1.165, 1.54) is 24.3 Å². The number of unbranched alkanes of at least 4 members (excludes halogenated alkanes) is 2. The Hall–Kier alpha value is -1.72. The minimum Gasteiger partial charge on any atom is -0.406 e. The fourth-order valence-electron chi connectivity index (χ4n) is 1.30. The van der Waals surface area contributed by atoms with Crippen molar-refractivity contribution < 1.29 is 22.7 Å². The van der Waals surface area contributed by atoms with Gasteiger partial charge in [0.1, 0.15) is 12.4 Å². The number of nitrogens with zero attached hydrogens (tertiary/aromatic N) is 1. The van der Waals surface area contributed by atoms with E-state index in [-0.39, 0.29) is 12.4 Å². The largest absolute Gasteiger partial charge is 0.573 e. The molecule has 0 saturated carbocycles. The van der Waals surface area contributed by atoms with E-state index in [9.17, 15) is 13.2 Å². The Kier molecular flexibility index (Phi) is 6.18. The van der Waals surface area contributed by atoms with Crippen molar-refractivity contribution in [3.8, 4) is 5.75 Å². The molecule has 19 heavy (non-hydrogen) atoms. The molecule has 0 aromatic heterocycles. The lowest BCUT2D eigenvalue weighted by Crippen LogP contribution is -2.17. The van der Waals surface area contributed by atoms with E-state index in [0.29, 0.717) is 0 Å². The summed E-state index contributed by atoms with van der Waals surface area (Å²) < 4.78 is 39.5. The van der Waals surface area contributed by atoms with E-state index in [0.717, 1.165) is 24.8 Å². The third kappa shape index (κ3) is 7.33. The van der Waals surface area contributed by atoms with Crippen molar-refractivity contribution in [3.05, 3.63) is 29.8 Å². The van der Waals surface area contributed by atoms with Crippen LogP contribution in [-0.2, 0) is 11.4 Å². The molecule has 106 valence electrons. The normalized spacial score (nSPS) is 11.8. The van der Waals surface area contributed by atoms with Crippen molar-refractivity contribution >= 4 is 6.21 Å². The molecule has 0 aliphatic rings. The van der Waals surface area contributed by atoms with Crippen LogP contribution in [0.4, 0.5) is 13.2 Å². The van der Waals surface area contributed by atoms with E-state index in [1.54, 1.807) is 6.21 Å². The summed E-state index contributed by atoms with van der Waals surface area (Å²) in [6.45, 7) is 2.30. The van der Waals surface area contributed by atoms with Crippen LogP contribution in [0.1, 0.15) is 31.7 Å². The van der Waals surface area contributed by atoms with Gasteiger partial charge in [-0.1, -0.05) is 30.6 Å². The van der Waals surface area contributed by atoms with E-state index >= 15 is 0 Å². The van der Waals surface area contributed by atoms with Crippen LogP contribution in [0, 0.1) is 0 Å². The van der Waals surface area contributed by atoms with Gasteiger partial charge >= 0.3 is 6.36 Å². The molecule has 0 N–H and O–H groups in total. The molecule has 0 fully saturated rings. The molecule has 0 unspecified atom stereocenters. The van der Waals surface area contributed by atoms with E-state index in [1.807, 2.05) is 0 Å². The Morgan fingerprint density at radius 2 is 1.89 bits per heavy atom. The monoisotopic (exact) mass is 275 g/mol. The van der Waals surface area contributed by atoms with Crippen molar-refractivity contribution in [1.29, 1.82) is 0 Å². The zero-order valence-corrected chi connectivity index (χ0v) is 10.6. The number of oxime groups is 1. The van der Waals surface area contributed by atoms with Crippen molar-refractivity contribution in [3.63, 3.8) is 0 Å². The highest BCUT2D eigenvalue weighted by Gasteiger charge is 2.30. The minimum absolute atomic E-state index is 0.217. The van der Waals surface area contributed by atoms with Gasteiger partial charge in [-0.15, -0.1) is 13.2 Å². The topological polar surface area (TPSA) is 30.8 Å². The summed E-state index contributed by atoms with van der Waals surface area (Å²) in [7, 11) is 0. The summed E-state index contributed by atoms with van der Waals surface area (Å²) >= 11 is 0. The molecule has 0 heterocycles. The first-order valence-corrected chi connectivity index (χ1v) is 5.99. The molecular weight excluding hydrogens is 259 g/mol. The first kappa shape index (κ1) is 15.3. The second-order valence-corrected chi connectivity index (χ2v) is 3.90. The second kappa shape index (κ2) is 7.66. The lowest BCUT2D eigenvalue weighted by molar-refractivity contribution is -0.274. The van der Waals surface area contributed by atoms with Crippen LogP contribution in [0.15, 0.2) is 29.4 Å². The number of benzene rings is 1. The highest BCUT2D eigenvalue weighted by atomic mass is 19.4. The molecule has 6 heteroatoms. The van der Waals surface area contributed by atoms with Gasteiger partial charge in [-0.2, -0.15) is 0 Å². The summed E-state index contributed by atoms with van der Waals surface area (Å²) in [5.41, 5.74) is 0.724. The summed E-state index contributed by atoms with van der Waals surface area (Å²) in [6.07, 6.45) is 0.0180. The predicted molar refractivity (Wildman–Crippen MR) is 65.9 cm³/mol. The average Bonchev–Trinajstić information content (AvgIpc) is 2.34. The Bertz CT molecular complexity index is 388. The molecule has 0 saturated heterocycles. The Morgan fingerprint density at radius 3 is 2.47 bits per heavy atom. The molecule has 0 spiro atoms. The molecule has 0 bridgehead atoms. The standard InChI is InChI=1S/C13H16F3NO2/c1-2-3-4-9-17-18-10-11-5-7-12(8-6-11)19-13(14,15)16/h5-9H,2-4,10H2,1H3. The van der Waals surface area contributed by atoms with E-state index in [2.05, 4.69) is 16.8 Å². The number of ether oxygens (including phenoxy) is 1. The average molecular weight is 275 g/mol. The minimum atomic E-state index is -4.67. The van der Waals surface area contributed by atoms with Gasteiger partial charge in [0.15, 0.2) is 0 Å². The Labute approximate surface area is 110 Å². The fraction of sp³-hybridized carbons (Fsp3) is 0.462. The summed E-state index contributed by atoms with van der Waals surface area (Å²) in [5, 5.41) is 3.75. The lowest BCUT2D eigenvalue weighted by atomic mass is 10.2. The first-order chi connectivity index (χ1) is 9.01. The molecule has 1 aromatic rings. The highest BCUT2D eigenvalue weighted by Crippen LogP contribution is 2.22. The quantitative estimate of drug-likeness (QED) is 0.422. The Balaban J connectivity index is 2.34. The first-order valence-electron chi connectivity index (χ1n) is 5.99. The maximum Gasteiger partial charge on any atom is 0.573 e. The maximum absolute atomic E-state index is 11.9. The van der Waals surface area contributed by atoms with Crippen molar-refractivity contribution in [2.24, 2.45) is 5.16 Å². The van der Waals surface area contributed by atoms with Gasteiger partial charge in [-0.25, -0.2) is 0 Å². The van der Waals surface area contributed by atoms with Crippen LogP contribution >= 0.6 is 0 Å². The molecule has 0 aliphatic carbocycles. The van der Waals surface area contributed by atoms with Gasteiger partial charge in [0.2, 0.25) is 0 Å². The molecule has 1 aromatic carbocycles. The molecular formula is C13H16F3NO2. The van der Waals surface area contributed by atoms with Crippen molar-refractivity contribution in [2.75, 3.05) is 0 Å². The number of halogens is 3. The number of alkyl halides is 3. The summed E-state index contributed by atoms with van der Waals surface area (Å²) in [5.74, 6) is -0.248. The third-order valence-corrected chi connectivity index (χ3v) is 2.22. The fourth-order valence-corrected chi connectivity index (χ4v) is 1.30. The van der Waals surface area contributed by atoms with Crippen LogP contribution in [-0.4, -0.2) is 12.6 Å². The molecule has 0 atom stereocenters. The number of hydrogen-bond acceptors (Lipinski definition) is 3. The van der Waals surface area contributed by atoms with Gasteiger partial charge < -0.3 is 9.57 Å². The van der Waals surface area contributed by atoms with Gasteiger partial charge in [0.25, 0.3) is 0 Å². The SMILES string of the molecule is CCCCC=NOCc1ccc(OC(F)(F)F)cc1. The smallest absolute Gasteiger partial charge is 0.406 e. The van der Waals surface area contributed by atoms with Crippen LogP contribution in [0.3, 0.4) is 0 Å².